The lowest BCUT2D eigenvalue weighted by atomic mass is 10.5. The van der Waals surface area contributed by atoms with Crippen LogP contribution in [0.2, 0.25) is 0 Å². The average molecular weight is 174 g/mol. The lowest BCUT2D eigenvalue weighted by Gasteiger charge is -1.93. The van der Waals surface area contributed by atoms with Crippen LogP contribution in [0, 0.1) is 0 Å². The lowest BCUT2D eigenvalue weighted by molar-refractivity contribution is 0.595. The summed E-state index contributed by atoms with van der Waals surface area (Å²) in [6.07, 6.45) is 1.35. The molecule has 0 aromatic carbocycles. The number of rotatable bonds is 2. The average Bonchev–Trinajstić information content (AvgIpc) is 1.85. The van der Waals surface area contributed by atoms with Crippen molar-refractivity contribution < 1.29 is 8.42 Å². The first-order valence-corrected chi connectivity index (χ1v) is 4.43. The van der Waals surface area contributed by atoms with Gasteiger partial charge in [-0.2, -0.15) is 0 Å². The number of hydrogen-bond acceptors (Lipinski definition) is 5. The van der Waals surface area contributed by atoms with Crippen LogP contribution in [-0.4, -0.2) is 23.8 Å². The Kier molecular flexibility index (Phi) is 2.11. The summed E-state index contributed by atoms with van der Waals surface area (Å²) in [6.45, 7) is 0. The maximum Gasteiger partial charge on any atom is 0.214 e. The van der Waals surface area contributed by atoms with E-state index in [0.29, 0.717) is 5.69 Å². The number of hydrogen-bond donors (Lipinski definition) is 1. The van der Waals surface area contributed by atoms with Gasteiger partial charge in [-0.1, -0.05) is 0 Å². The molecule has 0 fully saturated rings. The Morgan fingerprint density at radius 2 is 2.27 bits per heavy atom. The van der Waals surface area contributed by atoms with E-state index in [2.05, 4.69) is 15.4 Å². The predicted molar refractivity (Wildman–Crippen MR) is 36.6 cm³/mol. The van der Waals surface area contributed by atoms with Gasteiger partial charge in [0.2, 0.25) is 10.0 Å². The van der Waals surface area contributed by atoms with Crippen molar-refractivity contribution in [2.75, 3.05) is 0 Å². The molecule has 0 amide bonds. The third kappa shape index (κ3) is 3.01. The summed E-state index contributed by atoms with van der Waals surface area (Å²) in [7, 11) is -3.51. The zero-order valence-electron chi connectivity index (χ0n) is 5.51. The van der Waals surface area contributed by atoms with Crippen LogP contribution >= 0.6 is 0 Å². The fourth-order valence-electron chi connectivity index (χ4n) is 0.549. The van der Waals surface area contributed by atoms with Gasteiger partial charge < -0.3 is 0 Å². The van der Waals surface area contributed by atoms with Crippen molar-refractivity contribution in [2.24, 2.45) is 5.14 Å². The molecule has 6 nitrogen and oxygen atoms in total. The smallest absolute Gasteiger partial charge is 0.214 e. The van der Waals surface area contributed by atoms with E-state index in [1.54, 1.807) is 0 Å². The summed E-state index contributed by atoms with van der Waals surface area (Å²) in [5.74, 6) is -0.303. The summed E-state index contributed by atoms with van der Waals surface area (Å²) >= 11 is 0. The molecular weight excluding hydrogens is 168 g/mol. The second kappa shape index (κ2) is 2.89. The van der Waals surface area contributed by atoms with Gasteiger partial charge in [0.05, 0.1) is 11.9 Å². The van der Waals surface area contributed by atoms with Crippen LogP contribution in [0.1, 0.15) is 5.69 Å². The minimum Gasteiger partial charge on any atom is -0.228 e. The molecule has 1 rings (SSSR count). The highest BCUT2D eigenvalue weighted by molar-refractivity contribution is 7.88. The molecule has 0 atom stereocenters. The number of nitrogens with two attached hydrogens (primary N) is 1. The van der Waals surface area contributed by atoms with Gasteiger partial charge in [-0.05, 0) is 11.3 Å². The molecule has 0 saturated carbocycles. The second-order valence-corrected chi connectivity index (χ2v) is 3.53. The third-order valence-electron chi connectivity index (χ3n) is 0.907. The van der Waals surface area contributed by atoms with Gasteiger partial charge in [0.15, 0.2) is 0 Å². The fraction of sp³-hybridized carbons (Fsp3) is 0.250. The van der Waals surface area contributed by atoms with Gasteiger partial charge in [0.1, 0.15) is 5.75 Å². The molecule has 0 bridgehead atoms. The van der Waals surface area contributed by atoms with Crippen LogP contribution in [0.25, 0.3) is 0 Å². The van der Waals surface area contributed by atoms with E-state index in [-0.39, 0.29) is 5.75 Å². The maximum absolute atomic E-state index is 10.5. The van der Waals surface area contributed by atoms with Crippen molar-refractivity contribution in [3.05, 3.63) is 18.0 Å². The minimum absolute atomic E-state index is 0.294. The number of aromatic nitrogens is 3. The van der Waals surface area contributed by atoms with E-state index < -0.39 is 10.0 Å². The molecule has 0 aliphatic heterocycles. The summed E-state index contributed by atoms with van der Waals surface area (Å²) in [5, 5.41) is 14.8. The minimum atomic E-state index is -3.51. The molecule has 0 radical (unpaired) electrons. The highest BCUT2D eigenvalue weighted by atomic mass is 32.2. The zero-order chi connectivity index (χ0) is 8.32. The molecule has 11 heavy (non-hydrogen) atoms. The standard InChI is InChI=1S/C4H6N4O2S/c5-11(9,10)3-4-1-2-6-8-7-4/h1-2H,3H2,(H2,5,9,10). The quantitative estimate of drug-likeness (QED) is 0.598. The largest absolute Gasteiger partial charge is 0.228 e. The molecule has 1 aromatic heterocycles. The zero-order valence-corrected chi connectivity index (χ0v) is 6.32. The Labute approximate surface area is 63.5 Å². The molecular formula is C4H6N4O2S. The summed E-state index contributed by atoms with van der Waals surface area (Å²) < 4.78 is 21.0. The first kappa shape index (κ1) is 8.02. The first-order valence-electron chi connectivity index (χ1n) is 2.72. The summed E-state index contributed by atoms with van der Waals surface area (Å²) in [4.78, 5) is 0. The molecule has 0 aliphatic carbocycles. The second-order valence-electron chi connectivity index (χ2n) is 1.92. The molecule has 1 aromatic rings. The van der Waals surface area contributed by atoms with Crippen molar-refractivity contribution in [2.45, 2.75) is 5.75 Å². The van der Waals surface area contributed by atoms with Crippen LogP contribution in [0.5, 0.6) is 0 Å². The van der Waals surface area contributed by atoms with Gasteiger partial charge in [0, 0.05) is 0 Å². The van der Waals surface area contributed by atoms with E-state index in [9.17, 15) is 8.42 Å². The molecule has 0 unspecified atom stereocenters. The van der Waals surface area contributed by atoms with E-state index in [1.165, 1.54) is 12.3 Å². The van der Waals surface area contributed by atoms with Gasteiger partial charge >= 0.3 is 0 Å². The summed E-state index contributed by atoms with van der Waals surface area (Å²) in [5.41, 5.74) is 0.294. The van der Waals surface area contributed by atoms with E-state index in [4.69, 9.17) is 5.14 Å². The normalized spacial score (nSPS) is 11.4. The molecule has 2 N–H and O–H groups in total. The predicted octanol–water partition coefficient (Wildman–Crippen LogP) is -1.34. The Bertz CT molecular complexity index is 321. The molecule has 60 valence electrons. The van der Waals surface area contributed by atoms with Crippen LogP contribution in [0.15, 0.2) is 12.3 Å². The van der Waals surface area contributed by atoms with Crippen LogP contribution < -0.4 is 5.14 Å². The van der Waals surface area contributed by atoms with E-state index >= 15 is 0 Å². The maximum atomic E-state index is 10.5. The van der Waals surface area contributed by atoms with Gasteiger partial charge in [-0.25, -0.2) is 13.6 Å². The Morgan fingerprint density at radius 3 is 2.73 bits per heavy atom. The van der Waals surface area contributed by atoms with Crippen molar-refractivity contribution in [3.63, 3.8) is 0 Å². The highest BCUT2D eigenvalue weighted by Gasteiger charge is 2.05. The van der Waals surface area contributed by atoms with Crippen molar-refractivity contribution in [1.29, 1.82) is 0 Å². The van der Waals surface area contributed by atoms with Crippen LogP contribution in [0.4, 0.5) is 0 Å². The summed E-state index contributed by atoms with van der Waals surface area (Å²) in [6, 6.07) is 1.44. The topological polar surface area (TPSA) is 98.8 Å². The Morgan fingerprint density at radius 1 is 1.55 bits per heavy atom. The monoisotopic (exact) mass is 174 g/mol. The number of sulfonamides is 1. The molecule has 1 heterocycles. The van der Waals surface area contributed by atoms with E-state index in [0.717, 1.165) is 0 Å². The lowest BCUT2D eigenvalue weighted by Crippen LogP contribution is -2.15. The molecule has 0 saturated heterocycles. The highest BCUT2D eigenvalue weighted by Crippen LogP contribution is 1.94. The van der Waals surface area contributed by atoms with Crippen LogP contribution in [-0.2, 0) is 15.8 Å². The van der Waals surface area contributed by atoms with Crippen molar-refractivity contribution in [3.8, 4) is 0 Å². The molecule has 7 heteroatoms. The molecule has 0 aliphatic rings. The fourth-order valence-corrected chi connectivity index (χ4v) is 1.12. The van der Waals surface area contributed by atoms with E-state index in [1.807, 2.05) is 0 Å². The Hall–Kier alpha value is -1.08. The van der Waals surface area contributed by atoms with Crippen molar-refractivity contribution in [1.82, 2.24) is 15.4 Å². The van der Waals surface area contributed by atoms with Crippen molar-refractivity contribution >= 4 is 10.0 Å². The molecule has 0 spiro atoms. The third-order valence-corrected chi connectivity index (χ3v) is 1.61. The SMILES string of the molecule is NS(=O)(=O)Cc1ccnnn1. The number of nitrogens with zero attached hydrogens (tertiary/aromatic N) is 3. The van der Waals surface area contributed by atoms with Gasteiger partial charge in [-0.15, -0.1) is 10.2 Å². The Balaban J connectivity index is 2.82. The van der Waals surface area contributed by atoms with Gasteiger partial charge in [-0.3, -0.25) is 0 Å². The first-order chi connectivity index (χ1) is 5.08. The van der Waals surface area contributed by atoms with Crippen LogP contribution in [0.3, 0.4) is 0 Å². The van der Waals surface area contributed by atoms with Gasteiger partial charge in [0.25, 0.3) is 0 Å². The number of primary sulfonamides is 1.